The van der Waals surface area contributed by atoms with Crippen molar-refractivity contribution in [3.8, 4) is 0 Å². The number of amides is 2. The number of aryl methyl sites for hydroxylation is 2. The topological polar surface area (TPSA) is 79.3 Å². The number of carbonyl (C=O) groups is 2. The van der Waals surface area contributed by atoms with Crippen LogP contribution in [0.2, 0.25) is 0 Å². The third-order valence-electron chi connectivity index (χ3n) is 4.92. The zero-order valence-corrected chi connectivity index (χ0v) is 14.6. The van der Waals surface area contributed by atoms with Crippen molar-refractivity contribution in [1.82, 2.24) is 15.1 Å². The van der Waals surface area contributed by atoms with Crippen molar-refractivity contribution in [3.05, 3.63) is 41.2 Å². The van der Waals surface area contributed by atoms with E-state index in [1.165, 1.54) is 0 Å². The molecule has 0 saturated carbocycles. The number of fused-ring (bicyclic) bond motifs is 3. The molecule has 7 nitrogen and oxygen atoms in total. The van der Waals surface area contributed by atoms with Gasteiger partial charge in [-0.2, -0.15) is 5.10 Å². The highest BCUT2D eigenvalue weighted by Crippen LogP contribution is 2.43. The van der Waals surface area contributed by atoms with Gasteiger partial charge in [-0.3, -0.25) is 14.3 Å². The minimum absolute atomic E-state index is 0.165. The van der Waals surface area contributed by atoms with Crippen molar-refractivity contribution in [2.75, 3.05) is 16.8 Å². The molecule has 2 aliphatic rings. The number of hydrogen-bond donors (Lipinski definition) is 2. The number of carbonyl (C=O) groups excluding carboxylic acids is 2. The van der Waals surface area contributed by atoms with Crippen molar-refractivity contribution in [2.24, 2.45) is 7.05 Å². The van der Waals surface area contributed by atoms with Gasteiger partial charge in [0.05, 0.1) is 17.1 Å². The van der Waals surface area contributed by atoms with E-state index in [4.69, 9.17) is 0 Å². The summed E-state index contributed by atoms with van der Waals surface area (Å²) in [6, 6.07) is 7.57. The van der Waals surface area contributed by atoms with Crippen LogP contribution in [0.25, 0.3) is 0 Å². The fourth-order valence-corrected chi connectivity index (χ4v) is 3.84. The molecule has 1 spiro atoms. The lowest BCUT2D eigenvalue weighted by Crippen LogP contribution is -2.60. The summed E-state index contributed by atoms with van der Waals surface area (Å²) in [5, 5.41) is 10.7. The van der Waals surface area contributed by atoms with Gasteiger partial charge in [0.1, 0.15) is 5.69 Å². The normalized spacial score (nSPS) is 21.2. The Morgan fingerprint density at radius 1 is 1.16 bits per heavy atom. The number of aromatic nitrogens is 2. The largest absolute Gasteiger partial charge is 0.348 e. The molecule has 130 valence electrons. The number of anilines is 2. The number of para-hydroxylation sites is 1. The summed E-state index contributed by atoms with van der Waals surface area (Å²) in [6.45, 7) is 4.53. The van der Waals surface area contributed by atoms with Gasteiger partial charge in [0.2, 0.25) is 5.66 Å². The highest BCUT2D eigenvalue weighted by Gasteiger charge is 2.55. The third-order valence-corrected chi connectivity index (χ3v) is 4.92. The second-order valence-electron chi connectivity index (χ2n) is 6.44. The van der Waals surface area contributed by atoms with Crippen LogP contribution in [0.4, 0.5) is 11.4 Å². The number of nitrogens with one attached hydrogen (secondary N) is 2. The molecule has 0 saturated heterocycles. The first kappa shape index (κ1) is 15.7. The Labute approximate surface area is 146 Å². The molecule has 1 unspecified atom stereocenters. The molecule has 2 aromatic rings. The number of benzene rings is 1. The van der Waals surface area contributed by atoms with Gasteiger partial charge < -0.3 is 15.5 Å². The lowest BCUT2D eigenvalue weighted by molar-refractivity contribution is -0.123. The molecule has 4 rings (SSSR count). The van der Waals surface area contributed by atoms with E-state index in [1.807, 2.05) is 31.2 Å². The number of likely N-dealkylation sites (N-methyl/N-ethyl adjacent to an activating group) is 1. The molecule has 1 atom stereocenters. The van der Waals surface area contributed by atoms with Crippen LogP contribution >= 0.6 is 0 Å². The van der Waals surface area contributed by atoms with Gasteiger partial charge in [-0.15, -0.1) is 0 Å². The number of nitrogens with zero attached hydrogens (tertiary/aromatic N) is 3. The van der Waals surface area contributed by atoms with Crippen LogP contribution < -0.4 is 15.5 Å². The highest BCUT2D eigenvalue weighted by molar-refractivity contribution is 6.15. The van der Waals surface area contributed by atoms with Crippen LogP contribution in [0.15, 0.2) is 24.3 Å². The second-order valence-corrected chi connectivity index (χ2v) is 6.44. The standard InChI is InChI=1S/C18H21N5O2/c1-4-8-12-14-15(22(3)21-12)16(24)20-18(19-14)11-9-6-7-10-13(11)23(5-2)17(18)25/h6-7,9-10,19H,4-5,8H2,1-3H3,(H,20,24). The maximum Gasteiger partial charge on any atom is 0.278 e. The Bertz CT molecular complexity index is 888. The van der Waals surface area contributed by atoms with Crippen molar-refractivity contribution < 1.29 is 9.59 Å². The molecule has 2 N–H and O–H groups in total. The first-order valence-electron chi connectivity index (χ1n) is 8.61. The molecule has 3 heterocycles. The first-order chi connectivity index (χ1) is 12.0. The molecule has 0 bridgehead atoms. The van der Waals surface area contributed by atoms with Crippen LogP contribution in [0.3, 0.4) is 0 Å². The summed E-state index contributed by atoms with van der Waals surface area (Å²) in [7, 11) is 1.75. The maximum absolute atomic E-state index is 13.2. The van der Waals surface area contributed by atoms with Crippen molar-refractivity contribution in [2.45, 2.75) is 32.4 Å². The zero-order valence-electron chi connectivity index (χ0n) is 14.6. The second kappa shape index (κ2) is 5.34. The fourth-order valence-electron chi connectivity index (χ4n) is 3.84. The molecule has 1 aromatic carbocycles. The van der Waals surface area contributed by atoms with E-state index in [9.17, 15) is 9.59 Å². The minimum Gasteiger partial charge on any atom is -0.348 e. The SMILES string of the molecule is CCCc1nn(C)c2c1NC1(NC2=O)C(=O)N(CC)c2ccccc21. The predicted octanol–water partition coefficient (Wildman–Crippen LogP) is 1.75. The Balaban J connectivity index is 1.91. The number of rotatable bonds is 3. The molecular formula is C18H21N5O2. The Hall–Kier alpha value is -2.83. The van der Waals surface area contributed by atoms with Gasteiger partial charge >= 0.3 is 0 Å². The highest BCUT2D eigenvalue weighted by atomic mass is 16.2. The van der Waals surface area contributed by atoms with Crippen LogP contribution in [0.1, 0.15) is 42.0 Å². The molecule has 0 aliphatic carbocycles. The van der Waals surface area contributed by atoms with Gasteiger partial charge in [0.25, 0.3) is 11.8 Å². The Kier molecular flexibility index (Phi) is 3.35. The zero-order chi connectivity index (χ0) is 17.8. The predicted molar refractivity (Wildman–Crippen MR) is 94.4 cm³/mol. The van der Waals surface area contributed by atoms with Crippen molar-refractivity contribution in [3.63, 3.8) is 0 Å². The van der Waals surface area contributed by atoms with Crippen molar-refractivity contribution in [1.29, 1.82) is 0 Å². The lowest BCUT2D eigenvalue weighted by Gasteiger charge is -2.35. The fraction of sp³-hybridized carbons (Fsp3) is 0.389. The summed E-state index contributed by atoms with van der Waals surface area (Å²) in [5.74, 6) is -0.450. The van der Waals surface area contributed by atoms with Crippen LogP contribution in [0, 0.1) is 0 Å². The average Bonchev–Trinajstić information content (AvgIpc) is 3.02. The molecular weight excluding hydrogens is 318 g/mol. The summed E-state index contributed by atoms with van der Waals surface area (Å²) < 4.78 is 1.58. The van der Waals surface area contributed by atoms with Gasteiger partial charge in [-0.05, 0) is 19.4 Å². The molecule has 2 aliphatic heterocycles. The van der Waals surface area contributed by atoms with Gasteiger partial charge in [-0.1, -0.05) is 31.5 Å². The van der Waals surface area contributed by atoms with E-state index in [1.54, 1.807) is 16.6 Å². The van der Waals surface area contributed by atoms with Crippen LogP contribution in [-0.2, 0) is 23.9 Å². The van der Waals surface area contributed by atoms with E-state index in [2.05, 4.69) is 22.7 Å². The monoisotopic (exact) mass is 339 g/mol. The van der Waals surface area contributed by atoms with E-state index in [-0.39, 0.29) is 11.8 Å². The van der Waals surface area contributed by atoms with E-state index < -0.39 is 5.66 Å². The molecule has 0 fully saturated rings. The molecule has 7 heteroatoms. The van der Waals surface area contributed by atoms with E-state index in [0.29, 0.717) is 17.9 Å². The summed E-state index contributed by atoms with van der Waals surface area (Å²) in [6.07, 6.45) is 1.65. The lowest BCUT2D eigenvalue weighted by atomic mass is 9.97. The van der Waals surface area contributed by atoms with Crippen molar-refractivity contribution >= 4 is 23.2 Å². The number of hydrogen-bond acceptors (Lipinski definition) is 4. The quantitative estimate of drug-likeness (QED) is 0.893. The van der Waals surface area contributed by atoms with Crippen LogP contribution in [0.5, 0.6) is 0 Å². The third kappa shape index (κ3) is 1.95. The Morgan fingerprint density at radius 3 is 2.64 bits per heavy atom. The first-order valence-corrected chi connectivity index (χ1v) is 8.61. The summed E-state index contributed by atoms with van der Waals surface area (Å²) in [4.78, 5) is 27.8. The molecule has 1 aromatic heterocycles. The molecule has 2 amide bonds. The summed E-state index contributed by atoms with van der Waals surface area (Å²) in [5.41, 5.74) is 2.28. The molecule has 25 heavy (non-hydrogen) atoms. The van der Waals surface area contributed by atoms with Gasteiger partial charge in [-0.25, -0.2) is 0 Å². The van der Waals surface area contributed by atoms with E-state index in [0.717, 1.165) is 29.8 Å². The van der Waals surface area contributed by atoms with E-state index >= 15 is 0 Å². The maximum atomic E-state index is 13.2. The van der Waals surface area contributed by atoms with Gasteiger partial charge in [0.15, 0.2) is 0 Å². The average molecular weight is 339 g/mol. The van der Waals surface area contributed by atoms with Crippen LogP contribution in [-0.4, -0.2) is 28.1 Å². The smallest absolute Gasteiger partial charge is 0.278 e. The summed E-state index contributed by atoms with van der Waals surface area (Å²) >= 11 is 0. The minimum atomic E-state index is -1.26. The molecule has 0 radical (unpaired) electrons. The van der Waals surface area contributed by atoms with Gasteiger partial charge in [0, 0.05) is 19.2 Å². The Morgan fingerprint density at radius 2 is 1.92 bits per heavy atom.